The highest BCUT2D eigenvalue weighted by molar-refractivity contribution is 5.91. The molecule has 31 heavy (non-hydrogen) atoms. The number of halogens is 7. The van der Waals surface area contributed by atoms with Gasteiger partial charge in [-0.15, -0.1) is 0 Å². The topological polar surface area (TPSA) is 72.8 Å². The number of carbonyl (C=O) groups is 2. The highest BCUT2D eigenvalue weighted by Gasteiger charge is 2.28. The third-order valence-electron chi connectivity index (χ3n) is 4.06. The van der Waals surface area contributed by atoms with E-state index in [1.165, 1.54) is 0 Å². The Hall–Kier alpha value is -3.15. The van der Waals surface area contributed by atoms with Crippen LogP contribution >= 0.6 is 0 Å². The van der Waals surface area contributed by atoms with Gasteiger partial charge in [0.15, 0.2) is 34.9 Å². The third kappa shape index (κ3) is 4.79. The van der Waals surface area contributed by atoms with Crippen molar-refractivity contribution in [2.24, 2.45) is 0 Å². The largest absolute Gasteiger partial charge is 0.465 e. The van der Waals surface area contributed by atoms with Gasteiger partial charge in [-0.2, -0.15) is 0 Å². The number of hydrogen-bond donors (Lipinski definition) is 1. The second-order valence-corrected chi connectivity index (χ2v) is 5.82. The monoisotopic (exact) mass is 456 g/mol. The van der Waals surface area contributed by atoms with Crippen LogP contribution in [0.15, 0.2) is 0 Å². The SMILES string of the molecule is COC(=O)c1c(F)c(F)c(C)c(F)c1CO.COC(=O)c1c(F)c(F)c(C)c(F)c1F. The molecule has 0 aliphatic heterocycles. The van der Waals surface area contributed by atoms with Crippen molar-refractivity contribution in [3.63, 3.8) is 0 Å². The number of aliphatic hydroxyl groups is 1. The maximum Gasteiger partial charge on any atom is 0.344 e. The molecule has 1 N–H and O–H groups in total. The number of rotatable bonds is 3. The molecule has 0 saturated carbocycles. The molecular formula is C19H15F7O5. The van der Waals surface area contributed by atoms with E-state index in [2.05, 4.69) is 9.47 Å². The average Bonchev–Trinajstić information content (AvgIpc) is 2.76. The fraction of sp³-hybridized carbons (Fsp3) is 0.263. The van der Waals surface area contributed by atoms with Crippen LogP contribution in [-0.4, -0.2) is 31.3 Å². The molecule has 5 nitrogen and oxygen atoms in total. The van der Waals surface area contributed by atoms with E-state index in [0.29, 0.717) is 0 Å². The van der Waals surface area contributed by atoms with Crippen molar-refractivity contribution in [2.45, 2.75) is 20.5 Å². The molecule has 0 amide bonds. The quantitative estimate of drug-likeness (QED) is 0.429. The Morgan fingerprint density at radius 1 is 0.645 bits per heavy atom. The van der Waals surface area contributed by atoms with Gasteiger partial charge >= 0.3 is 11.9 Å². The van der Waals surface area contributed by atoms with E-state index >= 15 is 0 Å². The minimum absolute atomic E-state index is 0.589. The summed E-state index contributed by atoms with van der Waals surface area (Å²) in [7, 11) is 1.79. The van der Waals surface area contributed by atoms with Gasteiger partial charge < -0.3 is 14.6 Å². The summed E-state index contributed by atoms with van der Waals surface area (Å²) in [5.41, 5.74) is -4.29. The molecule has 0 saturated heterocycles. The van der Waals surface area contributed by atoms with Crippen LogP contribution in [0.3, 0.4) is 0 Å². The number of ether oxygens (including phenoxy) is 2. The lowest BCUT2D eigenvalue weighted by molar-refractivity contribution is 0.0579. The minimum atomic E-state index is -1.75. The Morgan fingerprint density at radius 2 is 0.968 bits per heavy atom. The molecule has 0 heterocycles. The third-order valence-corrected chi connectivity index (χ3v) is 4.06. The number of benzene rings is 2. The Labute approximate surface area is 171 Å². The van der Waals surface area contributed by atoms with Crippen LogP contribution in [0.4, 0.5) is 30.7 Å². The standard InChI is InChI=1S/C10H9F3O3.C9H6F4O2/c1-4-7(11)5(3-14)6(10(15)16-2)9(13)8(4)12;1-3-5(10)7(12)4(9(14)15-2)8(13)6(3)11/h14H,3H2,1-2H3;1-2H3. The molecule has 0 atom stereocenters. The molecule has 2 aromatic rings. The lowest BCUT2D eigenvalue weighted by Gasteiger charge is -2.11. The number of carbonyl (C=O) groups excluding carboxylic acids is 2. The molecular weight excluding hydrogens is 441 g/mol. The van der Waals surface area contributed by atoms with Gasteiger partial charge in [0, 0.05) is 16.7 Å². The first-order chi connectivity index (χ1) is 14.4. The molecule has 0 radical (unpaired) electrons. The zero-order chi connectivity index (χ0) is 24.2. The molecule has 12 heteroatoms. The lowest BCUT2D eigenvalue weighted by atomic mass is 10.0. The van der Waals surface area contributed by atoms with Crippen molar-refractivity contribution in [2.75, 3.05) is 14.2 Å². The van der Waals surface area contributed by atoms with Gasteiger partial charge in [-0.05, 0) is 13.8 Å². The van der Waals surface area contributed by atoms with Gasteiger partial charge in [0.2, 0.25) is 0 Å². The number of aliphatic hydroxyl groups excluding tert-OH is 1. The zero-order valence-electron chi connectivity index (χ0n) is 16.4. The van der Waals surface area contributed by atoms with Crippen LogP contribution in [0, 0.1) is 54.6 Å². The maximum atomic E-state index is 13.4. The summed E-state index contributed by atoms with van der Waals surface area (Å²) < 4.78 is 100. The second-order valence-electron chi connectivity index (χ2n) is 5.82. The smallest absolute Gasteiger partial charge is 0.344 e. The molecule has 2 aromatic carbocycles. The Morgan fingerprint density at radius 3 is 1.32 bits per heavy atom. The van der Waals surface area contributed by atoms with E-state index in [1.54, 1.807) is 0 Å². The summed E-state index contributed by atoms with van der Waals surface area (Å²) in [5, 5.41) is 8.85. The van der Waals surface area contributed by atoms with Crippen LogP contribution in [0.25, 0.3) is 0 Å². The first-order valence-corrected chi connectivity index (χ1v) is 8.13. The molecule has 0 spiro atoms. The average molecular weight is 456 g/mol. The molecule has 0 fully saturated rings. The summed E-state index contributed by atoms with van der Waals surface area (Å²) in [6.45, 7) is 0.945. The van der Waals surface area contributed by atoms with Crippen LogP contribution in [-0.2, 0) is 16.1 Å². The van der Waals surface area contributed by atoms with Crippen molar-refractivity contribution < 1.29 is 54.9 Å². The van der Waals surface area contributed by atoms with E-state index in [1.807, 2.05) is 0 Å². The van der Waals surface area contributed by atoms with E-state index in [-0.39, 0.29) is 0 Å². The van der Waals surface area contributed by atoms with Gasteiger partial charge in [0.1, 0.15) is 16.9 Å². The number of esters is 2. The van der Waals surface area contributed by atoms with Gasteiger partial charge in [-0.25, -0.2) is 40.3 Å². The summed E-state index contributed by atoms with van der Waals surface area (Å²) in [6.07, 6.45) is 0. The highest BCUT2D eigenvalue weighted by Crippen LogP contribution is 2.26. The van der Waals surface area contributed by atoms with E-state index in [9.17, 15) is 40.3 Å². The van der Waals surface area contributed by atoms with Crippen LogP contribution in [0.1, 0.15) is 37.4 Å². The van der Waals surface area contributed by atoms with Crippen LogP contribution < -0.4 is 0 Å². The molecule has 2 rings (SSSR count). The summed E-state index contributed by atoms with van der Waals surface area (Å²) >= 11 is 0. The van der Waals surface area contributed by atoms with Crippen molar-refractivity contribution in [1.82, 2.24) is 0 Å². The molecule has 170 valence electrons. The Bertz CT molecular complexity index is 1010. The first kappa shape index (κ1) is 25.9. The normalized spacial score (nSPS) is 10.3. The fourth-order valence-corrected chi connectivity index (χ4v) is 2.33. The van der Waals surface area contributed by atoms with Gasteiger partial charge in [0.05, 0.1) is 20.8 Å². The fourth-order valence-electron chi connectivity index (χ4n) is 2.33. The predicted octanol–water partition coefficient (Wildman–Crippen LogP) is 4.03. The van der Waals surface area contributed by atoms with Crippen molar-refractivity contribution in [1.29, 1.82) is 0 Å². The lowest BCUT2D eigenvalue weighted by Crippen LogP contribution is -2.14. The van der Waals surface area contributed by atoms with Crippen LogP contribution in [0.5, 0.6) is 0 Å². The molecule has 0 unspecified atom stereocenters. The van der Waals surface area contributed by atoms with Crippen molar-refractivity contribution in [3.05, 3.63) is 68.5 Å². The van der Waals surface area contributed by atoms with Gasteiger partial charge in [0.25, 0.3) is 0 Å². The highest BCUT2D eigenvalue weighted by atomic mass is 19.2. The van der Waals surface area contributed by atoms with Crippen LogP contribution in [0.2, 0.25) is 0 Å². The minimum Gasteiger partial charge on any atom is -0.465 e. The summed E-state index contributed by atoms with van der Waals surface area (Å²) in [4.78, 5) is 22.0. The zero-order valence-corrected chi connectivity index (χ0v) is 16.4. The summed E-state index contributed by atoms with van der Waals surface area (Å²) in [6, 6.07) is 0. The number of hydrogen-bond acceptors (Lipinski definition) is 5. The van der Waals surface area contributed by atoms with Gasteiger partial charge in [-0.3, -0.25) is 0 Å². The van der Waals surface area contributed by atoms with Crippen molar-refractivity contribution in [3.8, 4) is 0 Å². The van der Waals surface area contributed by atoms with Gasteiger partial charge in [-0.1, -0.05) is 0 Å². The number of methoxy groups -OCH3 is 2. The summed E-state index contributed by atoms with van der Waals surface area (Å²) in [5.74, 6) is -13.5. The molecule has 0 aromatic heterocycles. The molecule has 0 bridgehead atoms. The Balaban J connectivity index is 0.000000311. The van der Waals surface area contributed by atoms with E-state index in [4.69, 9.17) is 5.11 Å². The van der Waals surface area contributed by atoms with E-state index < -0.39 is 87.1 Å². The molecule has 0 aliphatic rings. The maximum absolute atomic E-state index is 13.4. The predicted molar refractivity (Wildman–Crippen MR) is 90.7 cm³/mol. The van der Waals surface area contributed by atoms with Crippen molar-refractivity contribution >= 4 is 11.9 Å². The Kier molecular flexibility index (Phi) is 8.55. The van der Waals surface area contributed by atoms with E-state index in [0.717, 1.165) is 28.1 Å². The molecule has 0 aliphatic carbocycles. The first-order valence-electron chi connectivity index (χ1n) is 8.13. The second kappa shape index (κ2) is 10.2.